The Kier molecular flexibility index (Phi) is 4.97. The lowest BCUT2D eigenvalue weighted by Crippen LogP contribution is -2.32. The molecule has 0 saturated heterocycles. The molecule has 3 aromatic rings. The first kappa shape index (κ1) is 17.6. The molecule has 7 heteroatoms. The monoisotopic (exact) mass is 352 g/mol. The SMILES string of the molecule is CCCC(=O)c1cc(C(=O)NC)c(=O)n(Cc2cccc3cn[nH]c23)c1. The molecule has 2 aromatic heterocycles. The molecule has 0 radical (unpaired) electrons. The number of H-pyrrole nitrogens is 1. The number of carbonyl (C=O) groups excluding carboxylic acids is 2. The van der Waals surface area contributed by atoms with E-state index in [1.165, 1.54) is 23.9 Å². The van der Waals surface area contributed by atoms with Gasteiger partial charge in [-0.15, -0.1) is 0 Å². The predicted molar refractivity (Wildman–Crippen MR) is 98.5 cm³/mol. The number of carbonyl (C=O) groups is 2. The summed E-state index contributed by atoms with van der Waals surface area (Å²) in [5.74, 6) is -0.596. The van der Waals surface area contributed by atoms with E-state index in [9.17, 15) is 14.4 Å². The Morgan fingerprint density at radius 1 is 1.31 bits per heavy atom. The molecule has 1 amide bonds. The van der Waals surface area contributed by atoms with Crippen LogP contribution in [-0.4, -0.2) is 33.5 Å². The van der Waals surface area contributed by atoms with Crippen molar-refractivity contribution in [2.45, 2.75) is 26.3 Å². The van der Waals surface area contributed by atoms with E-state index in [2.05, 4.69) is 15.5 Å². The quantitative estimate of drug-likeness (QED) is 0.664. The van der Waals surface area contributed by atoms with Crippen LogP contribution in [0.3, 0.4) is 0 Å². The molecule has 2 N–H and O–H groups in total. The van der Waals surface area contributed by atoms with Crippen LogP contribution in [-0.2, 0) is 6.54 Å². The van der Waals surface area contributed by atoms with Gasteiger partial charge in [0.15, 0.2) is 5.78 Å². The zero-order chi connectivity index (χ0) is 18.7. The molecule has 0 bridgehead atoms. The Morgan fingerprint density at radius 3 is 2.85 bits per heavy atom. The third kappa shape index (κ3) is 3.28. The maximum atomic E-state index is 12.7. The van der Waals surface area contributed by atoms with Crippen molar-refractivity contribution in [2.75, 3.05) is 7.05 Å². The minimum atomic E-state index is -0.505. The van der Waals surface area contributed by atoms with E-state index in [4.69, 9.17) is 0 Å². The van der Waals surface area contributed by atoms with Crippen molar-refractivity contribution in [1.29, 1.82) is 0 Å². The van der Waals surface area contributed by atoms with Crippen LogP contribution in [0.25, 0.3) is 10.9 Å². The van der Waals surface area contributed by atoms with Crippen molar-refractivity contribution >= 4 is 22.6 Å². The van der Waals surface area contributed by atoms with Gasteiger partial charge in [-0.05, 0) is 18.1 Å². The molecule has 0 aliphatic rings. The molecule has 0 fully saturated rings. The fourth-order valence-corrected chi connectivity index (χ4v) is 2.92. The van der Waals surface area contributed by atoms with Crippen molar-refractivity contribution in [1.82, 2.24) is 20.1 Å². The molecule has 0 atom stereocenters. The number of benzene rings is 1. The molecule has 134 valence electrons. The average molecular weight is 352 g/mol. The number of aromatic nitrogens is 3. The van der Waals surface area contributed by atoms with E-state index in [1.807, 2.05) is 25.1 Å². The van der Waals surface area contributed by atoms with Crippen LogP contribution in [0.15, 0.2) is 41.5 Å². The number of hydrogen-bond donors (Lipinski definition) is 2. The average Bonchev–Trinajstić information content (AvgIpc) is 3.12. The lowest BCUT2D eigenvalue weighted by atomic mass is 10.1. The van der Waals surface area contributed by atoms with Gasteiger partial charge in [-0.2, -0.15) is 5.10 Å². The maximum Gasteiger partial charge on any atom is 0.263 e. The number of para-hydroxylation sites is 1. The van der Waals surface area contributed by atoms with Crippen LogP contribution in [0.5, 0.6) is 0 Å². The Morgan fingerprint density at radius 2 is 2.12 bits per heavy atom. The normalized spacial score (nSPS) is 10.8. The van der Waals surface area contributed by atoms with Crippen molar-refractivity contribution in [2.24, 2.45) is 0 Å². The second kappa shape index (κ2) is 7.35. The third-order valence-corrected chi connectivity index (χ3v) is 4.26. The molecule has 26 heavy (non-hydrogen) atoms. The second-order valence-electron chi connectivity index (χ2n) is 6.08. The number of nitrogens with one attached hydrogen (secondary N) is 2. The number of ketones is 1. The number of Topliss-reactive ketones (excluding diaryl/α,β-unsaturated/α-hetero) is 1. The standard InChI is InChI=1S/C19H20N4O3/c1-3-5-16(24)14-8-15(18(25)20-2)19(26)23(11-14)10-13-7-4-6-12-9-21-22-17(12)13/h4,6-9,11H,3,5,10H2,1-2H3,(H,20,25)(H,21,22). The van der Waals surface area contributed by atoms with Gasteiger partial charge in [-0.25, -0.2) is 0 Å². The first-order chi connectivity index (χ1) is 12.5. The van der Waals surface area contributed by atoms with Gasteiger partial charge in [0.2, 0.25) is 0 Å². The van der Waals surface area contributed by atoms with Gasteiger partial charge in [-0.1, -0.05) is 25.1 Å². The van der Waals surface area contributed by atoms with E-state index in [1.54, 1.807) is 6.20 Å². The number of amides is 1. The number of aromatic amines is 1. The van der Waals surface area contributed by atoms with Crippen molar-refractivity contribution < 1.29 is 9.59 Å². The van der Waals surface area contributed by atoms with Crippen molar-refractivity contribution in [3.8, 4) is 0 Å². The Labute approximate surface area is 150 Å². The van der Waals surface area contributed by atoms with Crippen LogP contribution >= 0.6 is 0 Å². The first-order valence-electron chi connectivity index (χ1n) is 8.46. The summed E-state index contributed by atoms with van der Waals surface area (Å²) in [5.41, 5.74) is 1.57. The van der Waals surface area contributed by atoms with E-state index in [0.717, 1.165) is 16.5 Å². The molecule has 3 rings (SSSR count). The molecular weight excluding hydrogens is 332 g/mol. The molecule has 0 aliphatic heterocycles. The van der Waals surface area contributed by atoms with Crippen molar-refractivity contribution in [3.63, 3.8) is 0 Å². The topological polar surface area (TPSA) is 96.8 Å². The van der Waals surface area contributed by atoms with E-state index >= 15 is 0 Å². The lowest BCUT2D eigenvalue weighted by molar-refractivity contribution is 0.0961. The summed E-state index contributed by atoms with van der Waals surface area (Å²) >= 11 is 0. The van der Waals surface area contributed by atoms with Gasteiger partial charge in [0.25, 0.3) is 11.5 Å². The number of hydrogen-bond acceptors (Lipinski definition) is 4. The minimum absolute atomic E-state index is 0.0359. The highest BCUT2D eigenvalue weighted by Gasteiger charge is 2.17. The lowest BCUT2D eigenvalue weighted by Gasteiger charge is -2.11. The van der Waals surface area contributed by atoms with Gasteiger partial charge in [0.05, 0.1) is 18.3 Å². The van der Waals surface area contributed by atoms with Gasteiger partial charge in [0, 0.05) is 30.6 Å². The minimum Gasteiger partial charge on any atom is -0.355 e. The predicted octanol–water partition coefficient (Wildman–Crippen LogP) is 2.12. The molecule has 2 heterocycles. The number of nitrogens with zero attached hydrogens (tertiary/aromatic N) is 2. The van der Waals surface area contributed by atoms with Crippen LogP contribution in [0.4, 0.5) is 0 Å². The van der Waals surface area contributed by atoms with E-state index < -0.39 is 11.5 Å². The summed E-state index contributed by atoms with van der Waals surface area (Å²) in [6.07, 6.45) is 4.29. The summed E-state index contributed by atoms with van der Waals surface area (Å²) in [6, 6.07) is 7.06. The van der Waals surface area contributed by atoms with Crippen LogP contribution in [0, 0.1) is 0 Å². The summed E-state index contributed by atoms with van der Waals surface area (Å²) in [6.45, 7) is 2.14. The fraction of sp³-hybridized carbons (Fsp3) is 0.263. The van der Waals surface area contributed by atoms with Gasteiger partial charge in [-0.3, -0.25) is 19.5 Å². The largest absolute Gasteiger partial charge is 0.355 e. The summed E-state index contributed by atoms with van der Waals surface area (Å²) in [5, 5.41) is 10.3. The zero-order valence-electron chi connectivity index (χ0n) is 14.7. The zero-order valence-corrected chi connectivity index (χ0v) is 14.7. The molecule has 7 nitrogen and oxygen atoms in total. The van der Waals surface area contributed by atoms with Crippen LogP contribution < -0.4 is 10.9 Å². The number of rotatable bonds is 6. The van der Waals surface area contributed by atoms with E-state index in [-0.39, 0.29) is 17.9 Å². The number of pyridine rings is 1. The van der Waals surface area contributed by atoms with Crippen molar-refractivity contribution in [3.05, 3.63) is 63.7 Å². The number of fused-ring (bicyclic) bond motifs is 1. The van der Waals surface area contributed by atoms with Gasteiger partial charge >= 0.3 is 0 Å². The summed E-state index contributed by atoms with van der Waals surface area (Å²) < 4.78 is 1.41. The smallest absolute Gasteiger partial charge is 0.263 e. The summed E-state index contributed by atoms with van der Waals surface area (Å²) in [7, 11) is 1.46. The van der Waals surface area contributed by atoms with E-state index in [0.29, 0.717) is 18.4 Å². The molecule has 1 aromatic carbocycles. The maximum absolute atomic E-state index is 12.7. The third-order valence-electron chi connectivity index (χ3n) is 4.26. The second-order valence-corrected chi connectivity index (χ2v) is 6.08. The highest BCUT2D eigenvalue weighted by molar-refractivity contribution is 6.00. The highest BCUT2D eigenvalue weighted by Crippen LogP contribution is 2.17. The Hall–Kier alpha value is -3.22. The molecule has 0 spiro atoms. The first-order valence-corrected chi connectivity index (χ1v) is 8.46. The van der Waals surface area contributed by atoms with Crippen LogP contribution in [0.1, 0.15) is 46.0 Å². The Bertz CT molecular complexity index is 1030. The molecular formula is C19H20N4O3. The van der Waals surface area contributed by atoms with Crippen LogP contribution in [0.2, 0.25) is 0 Å². The van der Waals surface area contributed by atoms with Gasteiger partial charge < -0.3 is 9.88 Å². The fourth-order valence-electron chi connectivity index (χ4n) is 2.92. The molecule has 0 saturated carbocycles. The Balaban J connectivity index is 2.11. The molecule has 0 aliphatic carbocycles. The highest BCUT2D eigenvalue weighted by atomic mass is 16.2. The molecule has 0 unspecified atom stereocenters. The summed E-state index contributed by atoms with van der Waals surface area (Å²) in [4.78, 5) is 37.2. The van der Waals surface area contributed by atoms with Gasteiger partial charge in [0.1, 0.15) is 5.56 Å².